The third-order valence-electron chi connectivity index (χ3n) is 2.29. The summed E-state index contributed by atoms with van der Waals surface area (Å²) < 4.78 is 5.60. The lowest BCUT2D eigenvalue weighted by Gasteiger charge is -2.09. The molecule has 0 aliphatic rings. The van der Waals surface area contributed by atoms with Gasteiger partial charge in [0.25, 0.3) is 0 Å². The van der Waals surface area contributed by atoms with E-state index in [2.05, 4.69) is 16.8 Å². The number of hydrogen-bond donors (Lipinski definition) is 0. The van der Waals surface area contributed by atoms with Crippen molar-refractivity contribution in [3.8, 4) is 17.0 Å². The lowest BCUT2D eigenvalue weighted by Crippen LogP contribution is -1.99. The van der Waals surface area contributed by atoms with Gasteiger partial charge in [-0.25, -0.2) is 0 Å². The molecule has 3 nitrogen and oxygen atoms in total. The maximum absolute atomic E-state index is 5.60. The van der Waals surface area contributed by atoms with Gasteiger partial charge in [-0.2, -0.15) is 5.10 Å². The molecule has 2 aromatic rings. The molecule has 1 aromatic carbocycles. The molecular weight excluding hydrogens is 212 g/mol. The van der Waals surface area contributed by atoms with Crippen molar-refractivity contribution in [2.24, 2.45) is 0 Å². The number of hydrogen-bond acceptors (Lipinski definition) is 3. The highest BCUT2D eigenvalue weighted by Crippen LogP contribution is 2.27. The molecule has 0 amide bonds. The van der Waals surface area contributed by atoms with Crippen molar-refractivity contribution < 1.29 is 4.74 Å². The van der Waals surface area contributed by atoms with Crippen molar-refractivity contribution >= 4 is 0 Å². The second-order valence-electron chi connectivity index (χ2n) is 3.66. The number of ether oxygens (including phenoxy) is 1. The van der Waals surface area contributed by atoms with Crippen LogP contribution in [0.1, 0.15) is 5.69 Å². The summed E-state index contributed by atoms with van der Waals surface area (Å²) in [5, 5.41) is 8.26. The molecule has 0 spiro atoms. The monoisotopic (exact) mass is 226 g/mol. The maximum atomic E-state index is 5.60. The Balaban J connectivity index is 2.42. The second-order valence-corrected chi connectivity index (χ2v) is 3.66. The van der Waals surface area contributed by atoms with Crippen LogP contribution in [0.25, 0.3) is 11.3 Å². The Kier molecular flexibility index (Phi) is 3.50. The van der Waals surface area contributed by atoms with Crippen molar-refractivity contribution in [3.63, 3.8) is 0 Å². The van der Waals surface area contributed by atoms with Crippen LogP contribution < -0.4 is 4.74 Å². The van der Waals surface area contributed by atoms with Crippen LogP contribution in [0.3, 0.4) is 0 Å². The molecule has 0 unspecified atom stereocenters. The third kappa shape index (κ3) is 2.69. The van der Waals surface area contributed by atoms with Crippen molar-refractivity contribution in [1.29, 1.82) is 0 Å². The molecule has 0 aliphatic carbocycles. The molecule has 0 radical (unpaired) electrons. The average Bonchev–Trinajstić information content (AvgIpc) is 2.37. The Labute approximate surface area is 101 Å². The van der Waals surface area contributed by atoms with Gasteiger partial charge >= 0.3 is 0 Å². The average molecular weight is 226 g/mol. The zero-order valence-electron chi connectivity index (χ0n) is 9.76. The first-order valence-electron chi connectivity index (χ1n) is 5.44. The molecule has 0 atom stereocenters. The molecule has 2 rings (SSSR count). The van der Waals surface area contributed by atoms with Crippen LogP contribution >= 0.6 is 0 Å². The van der Waals surface area contributed by atoms with E-state index in [1.165, 1.54) is 0 Å². The first kappa shape index (κ1) is 11.3. The van der Waals surface area contributed by atoms with Crippen LogP contribution in [0, 0.1) is 6.92 Å². The zero-order chi connectivity index (χ0) is 12.1. The summed E-state index contributed by atoms with van der Waals surface area (Å²) in [4.78, 5) is 0. The fraction of sp³-hybridized carbons (Fsp3) is 0.143. The Hall–Kier alpha value is -2.16. The molecule has 86 valence electrons. The first-order chi connectivity index (χ1) is 8.31. The topological polar surface area (TPSA) is 35.0 Å². The van der Waals surface area contributed by atoms with Crippen molar-refractivity contribution in [2.75, 3.05) is 6.61 Å². The van der Waals surface area contributed by atoms with E-state index < -0.39 is 0 Å². The predicted molar refractivity (Wildman–Crippen MR) is 67.9 cm³/mol. The van der Waals surface area contributed by atoms with E-state index in [1.54, 1.807) is 6.08 Å². The minimum Gasteiger partial charge on any atom is -0.487 e. The molecule has 17 heavy (non-hydrogen) atoms. The predicted octanol–water partition coefficient (Wildman–Crippen LogP) is 3.02. The maximum Gasteiger partial charge on any atom is 0.149 e. The number of aromatic nitrogens is 2. The van der Waals surface area contributed by atoms with Gasteiger partial charge in [-0.3, -0.25) is 0 Å². The van der Waals surface area contributed by atoms with Gasteiger partial charge in [-0.15, -0.1) is 5.10 Å². The molecule has 0 fully saturated rings. The van der Waals surface area contributed by atoms with E-state index >= 15 is 0 Å². The van der Waals surface area contributed by atoms with E-state index in [0.29, 0.717) is 6.61 Å². The number of aryl methyl sites for hydroxylation is 1. The Morgan fingerprint density at radius 2 is 2.00 bits per heavy atom. The van der Waals surface area contributed by atoms with E-state index in [4.69, 9.17) is 4.74 Å². The fourth-order valence-corrected chi connectivity index (χ4v) is 1.52. The first-order valence-corrected chi connectivity index (χ1v) is 5.44. The Bertz CT molecular complexity index is 509. The summed E-state index contributed by atoms with van der Waals surface area (Å²) in [7, 11) is 0. The van der Waals surface area contributed by atoms with E-state index in [-0.39, 0.29) is 0 Å². The second kappa shape index (κ2) is 5.25. The fourth-order valence-electron chi connectivity index (χ4n) is 1.52. The number of rotatable bonds is 4. The van der Waals surface area contributed by atoms with Gasteiger partial charge in [0.2, 0.25) is 0 Å². The van der Waals surface area contributed by atoms with Crippen molar-refractivity contribution in [2.45, 2.75) is 6.92 Å². The van der Waals surface area contributed by atoms with Gasteiger partial charge in [0.05, 0.1) is 5.69 Å². The summed E-state index contributed by atoms with van der Waals surface area (Å²) in [6.07, 6.45) is 1.71. The molecule has 1 heterocycles. The molecule has 0 aliphatic heterocycles. The van der Waals surface area contributed by atoms with Crippen LogP contribution in [-0.2, 0) is 0 Å². The smallest absolute Gasteiger partial charge is 0.149 e. The van der Waals surface area contributed by atoms with Gasteiger partial charge in [-0.05, 0) is 6.92 Å². The molecule has 0 bridgehead atoms. The Morgan fingerprint density at radius 1 is 1.24 bits per heavy atom. The summed E-state index contributed by atoms with van der Waals surface area (Å²) in [5.41, 5.74) is 2.60. The minimum absolute atomic E-state index is 0.463. The van der Waals surface area contributed by atoms with E-state index in [0.717, 1.165) is 22.7 Å². The SMILES string of the molecule is C=CCOc1cc(C)nnc1-c1ccccc1. The summed E-state index contributed by atoms with van der Waals surface area (Å²) in [6, 6.07) is 11.8. The number of nitrogens with zero attached hydrogens (tertiary/aromatic N) is 2. The van der Waals surface area contributed by atoms with Gasteiger partial charge in [0.1, 0.15) is 18.1 Å². The lowest BCUT2D eigenvalue weighted by atomic mass is 10.1. The van der Waals surface area contributed by atoms with Crippen LogP contribution in [0.4, 0.5) is 0 Å². The Morgan fingerprint density at radius 3 is 2.71 bits per heavy atom. The van der Waals surface area contributed by atoms with Crippen LogP contribution in [-0.4, -0.2) is 16.8 Å². The summed E-state index contributed by atoms with van der Waals surface area (Å²) in [5.74, 6) is 0.739. The summed E-state index contributed by atoms with van der Waals surface area (Å²) >= 11 is 0. The van der Waals surface area contributed by atoms with E-state index in [1.807, 2.05) is 43.3 Å². The van der Waals surface area contributed by atoms with Crippen molar-refractivity contribution in [3.05, 3.63) is 54.7 Å². The molecule has 0 saturated heterocycles. The standard InChI is InChI=1S/C14H14N2O/c1-3-9-17-13-10-11(2)15-16-14(13)12-7-5-4-6-8-12/h3-8,10H,1,9H2,2H3. The van der Waals surface area contributed by atoms with Crippen LogP contribution in [0.2, 0.25) is 0 Å². The highest BCUT2D eigenvalue weighted by atomic mass is 16.5. The quantitative estimate of drug-likeness (QED) is 0.752. The lowest BCUT2D eigenvalue weighted by molar-refractivity contribution is 0.362. The third-order valence-corrected chi connectivity index (χ3v) is 2.29. The van der Waals surface area contributed by atoms with Crippen LogP contribution in [0.5, 0.6) is 5.75 Å². The molecule has 3 heteroatoms. The zero-order valence-corrected chi connectivity index (χ0v) is 9.76. The normalized spacial score (nSPS) is 9.94. The van der Waals surface area contributed by atoms with Gasteiger partial charge in [-0.1, -0.05) is 43.0 Å². The molecule has 1 aromatic heterocycles. The van der Waals surface area contributed by atoms with Gasteiger partial charge in [0.15, 0.2) is 0 Å². The van der Waals surface area contributed by atoms with Crippen LogP contribution in [0.15, 0.2) is 49.1 Å². The van der Waals surface area contributed by atoms with Gasteiger partial charge in [0, 0.05) is 11.6 Å². The summed E-state index contributed by atoms with van der Waals surface area (Å²) in [6.45, 7) is 5.99. The highest BCUT2D eigenvalue weighted by Gasteiger charge is 2.08. The molecular formula is C14H14N2O. The number of benzene rings is 1. The van der Waals surface area contributed by atoms with E-state index in [9.17, 15) is 0 Å². The highest BCUT2D eigenvalue weighted by molar-refractivity contribution is 5.65. The minimum atomic E-state index is 0.463. The van der Waals surface area contributed by atoms with Crippen molar-refractivity contribution in [1.82, 2.24) is 10.2 Å². The van der Waals surface area contributed by atoms with Gasteiger partial charge < -0.3 is 4.74 Å². The largest absolute Gasteiger partial charge is 0.487 e. The molecule has 0 N–H and O–H groups in total. The molecule has 0 saturated carbocycles.